The molecule has 1 amide bonds. The summed E-state index contributed by atoms with van der Waals surface area (Å²) in [5.74, 6) is -2.40. The Morgan fingerprint density at radius 3 is 2.70 bits per heavy atom. The van der Waals surface area contributed by atoms with Gasteiger partial charge in [-0.05, 0) is 18.6 Å². The Hall–Kier alpha value is -1.05. The molecule has 1 heterocycles. The molecular weight excluding hydrogens is 334 g/mol. The Bertz CT molecular complexity index is 546. The molecule has 1 aromatic carbocycles. The van der Waals surface area contributed by atoms with Gasteiger partial charge >= 0.3 is 0 Å². The lowest BCUT2D eigenvalue weighted by Crippen LogP contribution is -2.69. The smallest absolute Gasteiger partial charge is 0.257 e. The van der Waals surface area contributed by atoms with Gasteiger partial charge in [-0.1, -0.05) is 15.9 Å². The number of benzene rings is 1. The molecule has 1 aliphatic heterocycles. The number of nitrogens with one attached hydrogen (secondary N) is 1. The molecule has 0 bridgehead atoms. The summed E-state index contributed by atoms with van der Waals surface area (Å²) >= 11 is 2.97. The van der Waals surface area contributed by atoms with Crippen molar-refractivity contribution >= 4 is 21.8 Å². The van der Waals surface area contributed by atoms with E-state index in [-0.39, 0.29) is 22.5 Å². The Kier molecular flexibility index (Phi) is 3.51. The number of hydrogen-bond donors (Lipinski definition) is 2. The van der Waals surface area contributed by atoms with Gasteiger partial charge < -0.3 is 15.8 Å². The number of halogens is 3. The van der Waals surface area contributed by atoms with Gasteiger partial charge in [-0.3, -0.25) is 4.79 Å². The summed E-state index contributed by atoms with van der Waals surface area (Å²) in [7, 11) is 0. The fourth-order valence-electron chi connectivity index (χ4n) is 2.91. The zero-order valence-corrected chi connectivity index (χ0v) is 12.0. The van der Waals surface area contributed by atoms with Gasteiger partial charge in [-0.25, -0.2) is 8.78 Å². The van der Waals surface area contributed by atoms with Crippen LogP contribution in [0.4, 0.5) is 8.78 Å². The van der Waals surface area contributed by atoms with Crippen LogP contribution >= 0.6 is 15.9 Å². The highest BCUT2D eigenvalue weighted by Crippen LogP contribution is 2.37. The summed E-state index contributed by atoms with van der Waals surface area (Å²) in [5, 5.41) is 2.57. The maximum absolute atomic E-state index is 13.7. The molecule has 0 spiro atoms. The van der Waals surface area contributed by atoms with E-state index >= 15 is 0 Å². The number of carbonyl (C=O) groups is 1. The molecule has 0 radical (unpaired) electrons. The van der Waals surface area contributed by atoms with Crippen LogP contribution in [0.15, 0.2) is 16.6 Å². The molecule has 3 rings (SSSR count). The first-order chi connectivity index (χ1) is 9.49. The van der Waals surface area contributed by atoms with E-state index in [9.17, 15) is 13.6 Å². The van der Waals surface area contributed by atoms with Crippen LogP contribution in [-0.2, 0) is 4.74 Å². The number of fused-ring (bicyclic) bond motifs is 1. The second-order valence-electron chi connectivity index (χ2n) is 5.11. The van der Waals surface area contributed by atoms with Crippen LogP contribution in [0.25, 0.3) is 0 Å². The van der Waals surface area contributed by atoms with Gasteiger partial charge in [-0.15, -0.1) is 0 Å². The zero-order chi connectivity index (χ0) is 14.4. The minimum Gasteiger partial charge on any atom is -0.376 e. The van der Waals surface area contributed by atoms with E-state index in [0.717, 1.165) is 18.6 Å². The average molecular weight is 347 g/mol. The number of carbonyl (C=O) groups excluding carboxylic acids is 1. The SMILES string of the molecule is NC1C2CCOC2C1NC(=O)c1c(F)cc(Br)cc1F. The van der Waals surface area contributed by atoms with Crippen LogP contribution in [0.1, 0.15) is 16.8 Å². The van der Waals surface area contributed by atoms with E-state index < -0.39 is 29.1 Å². The molecule has 1 saturated heterocycles. The second-order valence-corrected chi connectivity index (χ2v) is 6.02. The lowest BCUT2D eigenvalue weighted by Gasteiger charge is -2.45. The average Bonchev–Trinajstić information content (AvgIpc) is 2.79. The molecule has 1 saturated carbocycles. The fourth-order valence-corrected chi connectivity index (χ4v) is 3.31. The molecule has 2 fully saturated rings. The standard InChI is InChI=1S/C13H13BrF2N2O2/c14-5-3-7(15)9(8(16)4-5)13(19)18-11-10(17)6-1-2-20-12(6)11/h3-4,6,10-12H,1-2,17H2,(H,18,19). The second kappa shape index (κ2) is 5.05. The van der Waals surface area contributed by atoms with Crippen LogP contribution in [0.2, 0.25) is 0 Å². The molecular formula is C13H13BrF2N2O2. The van der Waals surface area contributed by atoms with E-state index in [4.69, 9.17) is 10.5 Å². The third-order valence-corrected chi connectivity index (χ3v) is 4.44. The molecule has 7 heteroatoms. The van der Waals surface area contributed by atoms with Crippen molar-refractivity contribution in [3.05, 3.63) is 33.8 Å². The first kappa shape index (κ1) is 13.9. The topological polar surface area (TPSA) is 64.3 Å². The van der Waals surface area contributed by atoms with Gasteiger partial charge in [0.25, 0.3) is 5.91 Å². The lowest BCUT2D eigenvalue weighted by molar-refractivity contribution is -0.0162. The number of ether oxygens (including phenoxy) is 1. The molecule has 4 nitrogen and oxygen atoms in total. The Labute approximate surface area is 122 Å². The first-order valence-corrected chi connectivity index (χ1v) is 7.11. The summed E-state index contributed by atoms with van der Waals surface area (Å²) in [6.45, 7) is 0.608. The highest BCUT2D eigenvalue weighted by atomic mass is 79.9. The summed E-state index contributed by atoms with van der Waals surface area (Å²) < 4.78 is 33.1. The quantitative estimate of drug-likeness (QED) is 0.854. The number of rotatable bonds is 2. The van der Waals surface area contributed by atoms with Crippen molar-refractivity contribution in [1.82, 2.24) is 5.32 Å². The number of nitrogens with two attached hydrogens (primary N) is 1. The van der Waals surface area contributed by atoms with Crippen LogP contribution in [-0.4, -0.2) is 30.7 Å². The predicted molar refractivity (Wildman–Crippen MR) is 71.1 cm³/mol. The van der Waals surface area contributed by atoms with Gasteiger partial charge in [0.1, 0.15) is 17.2 Å². The zero-order valence-electron chi connectivity index (χ0n) is 10.4. The fraction of sp³-hybridized carbons (Fsp3) is 0.462. The monoisotopic (exact) mass is 346 g/mol. The van der Waals surface area contributed by atoms with Gasteiger partial charge in [0.15, 0.2) is 0 Å². The van der Waals surface area contributed by atoms with Crippen LogP contribution in [0.3, 0.4) is 0 Å². The molecule has 1 aromatic rings. The maximum Gasteiger partial charge on any atom is 0.257 e. The Morgan fingerprint density at radius 2 is 2.05 bits per heavy atom. The van der Waals surface area contributed by atoms with Crippen molar-refractivity contribution in [1.29, 1.82) is 0 Å². The maximum atomic E-state index is 13.7. The molecule has 2 aliphatic rings. The molecule has 4 atom stereocenters. The van der Waals surface area contributed by atoms with E-state index in [2.05, 4.69) is 21.2 Å². The van der Waals surface area contributed by atoms with Crippen molar-refractivity contribution in [2.45, 2.75) is 24.6 Å². The lowest BCUT2D eigenvalue weighted by atomic mass is 9.72. The minimum atomic E-state index is -0.911. The van der Waals surface area contributed by atoms with E-state index in [1.807, 2.05) is 0 Å². The summed E-state index contributed by atoms with van der Waals surface area (Å²) in [6.07, 6.45) is 0.717. The van der Waals surface area contributed by atoms with Crippen LogP contribution < -0.4 is 11.1 Å². The largest absolute Gasteiger partial charge is 0.376 e. The van der Waals surface area contributed by atoms with Crippen molar-refractivity contribution in [2.24, 2.45) is 11.7 Å². The molecule has 1 aliphatic carbocycles. The van der Waals surface area contributed by atoms with Gasteiger partial charge in [-0.2, -0.15) is 0 Å². The van der Waals surface area contributed by atoms with Crippen LogP contribution in [0, 0.1) is 17.6 Å². The highest BCUT2D eigenvalue weighted by Gasteiger charge is 2.52. The molecule has 108 valence electrons. The van der Waals surface area contributed by atoms with Gasteiger partial charge in [0.05, 0.1) is 12.1 Å². The number of hydrogen-bond acceptors (Lipinski definition) is 3. The molecule has 20 heavy (non-hydrogen) atoms. The molecule has 3 N–H and O–H groups in total. The Balaban J connectivity index is 1.77. The van der Waals surface area contributed by atoms with Crippen LogP contribution in [0.5, 0.6) is 0 Å². The molecule has 4 unspecified atom stereocenters. The van der Waals surface area contributed by atoms with Crippen molar-refractivity contribution in [2.75, 3.05) is 6.61 Å². The third-order valence-electron chi connectivity index (χ3n) is 3.98. The minimum absolute atomic E-state index is 0.143. The van der Waals surface area contributed by atoms with Gasteiger partial charge in [0, 0.05) is 23.0 Å². The summed E-state index contributed by atoms with van der Waals surface area (Å²) in [5.41, 5.74) is 5.35. The van der Waals surface area contributed by atoms with Gasteiger partial charge in [0.2, 0.25) is 0 Å². The first-order valence-electron chi connectivity index (χ1n) is 6.31. The highest BCUT2D eigenvalue weighted by molar-refractivity contribution is 9.10. The summed E-state index contributed by atoms with van der Waals surface area (Å²) in [4.78, 5) is 12.0. The number of amides is 1. The van der Waals surface area contributed by atoms with E-state index in [0.29, 0.717) is 6.61 Å². The van der Waals surface area contributed by atoms with Crippen molar-refractivity contribution in [3.8, 4) is 0 Å². The predicted octanol–water partition coefficient (Wildman–Crippen LogP) is 1.57. The Morgan fingerprint density at radius 1 is 1.40 bits per heavy atom. The third kappa shape index (κ3) is 2.13. The van der Waals surface area contributed by atoms with Crippen molar-refractivity contribution < 1.29 is 18.3 Å². The van der Waals surface area contributed by atoms with E-state index in [1.165, 1.54) is 0 Å². The van der Waals surface area contributed by atoms with E-state index in [1.54, 1.807) is 0 Å². The molecule has 0 aromatic heterocycles. The summed E-state index contributed by atoms with van der Waals surface area (Å²) in [6, 6.07) is 1.48. The normalized spacial score (nSPS) is 31.6. The van der Waals surface area contributed by atoms with Crippen molar-refractivity contribution in [3.63, 3.8) is 0 Å².